The van der Waals surface area contributed by atoms with Crippen molar-refractivity contribution in [1.29, 1.82) is 0 Å². The Morgan fingerprint density at radius 3 is 2.12 bits per heavy atom. The molecule has 0 saturated heterocycles. The van der Waals surface area contributed by atoms with E-state index in [-0.39, 0.29) is 11.0 Å². The van der Waals surface area contributed by atoms with Gasteiger partial charge in [0.1, 0.15) is 0 Å². The summed E-state index contributed by atoms with van der Waals surface area (Å²) in [6.45, 7) is 10.3. The monoisotopic (exact) mass is 239 g/mol. The average Bonchev–Trinajstić information content (AvgIpc) is 2.28. The largest absolute Gasteiger partial charge is 0.303 e. The molecule has 0 bridgehead atoms. The first kappa shape index (κ1) is 14.7. The van der Waals surface area contributed by atoms with Gasteiger partial charge in [0.2, 0.25) is 0 Å². The Morgan fingerprint density at radius 2 is 1.65 bits per heavy atom. The number of hydrogen-bond acceptors (Lipinski definition) is 2. The molecule has 1 rings (SSSR count). The zero-order valence-electron chi connectivity index (χ0n) is 12.2. The molecule has 0 atom stereocenters. The third-order valence-electron chi connectivity index (χ3n) is 4.24. The Hall–Kier alpha value is -0.370. The lowest BCUT2D eigenvalue weighted by molar-refractivity contribution is -0.133. The topological polar surface area (TPSA) is 29.1 Å². The second-order valence-electron chi connectivity index (χ2n) is 6.67. The summed E-state index contributed by atoms with van der Waals surface area (Å²) in [6, 6.07) is 0.537. The lowest BCUT2D eigenvalue weighted by Crippen LogP contribution is -2.55. The first-order valence-electron chi connectivity index (χ1n) is 7.12. The summed E-state index contributed by atoms with van der Waals surface area (Å²) in [6.07, 6.45) is 7.32. The average molecular weight is 239 g/mol. The van der Waals surface area contributed by atoms with E-state index in [0.29, 0.717) is 11.8 Å². The van der Waals surface area contributed by atoms with Crippen LogP contribution >= 0.6 is 0 Å². The molecular weight excluding hydrogens is 210 g/mol. The molecule has 0 spiro atoms. The fourth-order valence-corrected chi connectivity index (χ4v) is 2.83. The molecule has 0 radical (unpaired) electrons. The van der Waals surface area contributed by atoms with E-state index in [9.17, 15) is 4.79 Å². The molecule has 17 heavy (non-hydrogen) atoms. The van der Waals surface area contributed by atoms with Gasteiger partial charge in [-0.2, -0.15) is 0 Å². The van der Waals surface area contributed by atoms with Crippen molar-refractivity contribution in [2.45, 2.75) is 84.7 Å². The van der Waals surface area contributed by atoms with Crippen molar-refractivity contribution >= 4 is 5.78 Å². The molecule has 0 aromatic carbocycles. The van der Waals surface area contributed by atoms with Crippen LogP contribution in [0.1, 0.15) is 73.1 Å². The van der Waals surface area contributed by atoms with E-state index in [1.807, 2.05) is 13.8 Å². The van der Waals surface area contributed by atoms with E-state index in [1.165, 1.54) is 32.1 Å². The summed E-state index contributed by atoms with van der Waals surface area (Å²) in [5, 5.41) is 3.59. The van der Waals surface area contributed by atoms with E-state index in [4.69, 9.17) is 0 Å². The predicted octanol–water partition coefficient (Wildman–Crippen LogP) is 3.69. The molecule has 1 fully saturated rings. The van der Waals surface area contributed by atoms with Crippen molar-refractivity contribution in [1.82, 2.24) is 5.32 Å². The third-order valence-corrected chi connectivity index (χ3v) is 4.24. The van der Waals surface area contributed by atoms with Crippen molar-refractivity contribution in [2.24, 2.45) is 5.41 Å². The highest BCUT2D eigenvalue weighted by atomic mass is 16.1. The Morgan fingerprint density at radius 1 is 1.12 bits per heavy atom. The van der Waals surface area contributed by atoms with Gasteiger partial charge in [-0.15, -0.1) is 0 Å². The molecule has 100 valence electrons. The highest BCUT2D eigenvalue weighted by Gasteiger charge is 2.38. The smallest absolute Gasteiger partial charge is 0.157 e. The second kappa shape index (κ2) is 5.51. The van der Waals surface area contributed by atoms with Crippen LogP contribution in [0.3, 0.4) is 0 Å². The number of ketones is 1. The van der Waals surface area contributed by atoms with Gasteiger partial charge in [0.25, 0.3) is 0 Å². The zero-order chi connectivity index (χ0) is 13.1. The maximum atomic E-state index is 12.5. The van der Waals surface area contributed by atoms with Crippen LogP contribution in [0.15, 0.2) is 0 Å². The Kier molecular flexibility index (Phi) is 4.77. The van der Waals surface area contributed by atoms with Gasteiger partial charge < -0.3 is 5.32 Å². The molecule has 2 nitrogen and oxygen atoms in total. The molecular formula is C15H29NO. The molecule has 2 heteroatoms. The van der Waals surface area contributed by atoms with E-state index >= 15 is 0 Å². The first-order valence-corrected chi connectivity index (χ1v) is 7.12. The Bertz CT molecular complexity index is 262. The minimum absolute atomic E-state index is 0.217. The maximum Gasteiger partial charge on any atom is 0.157 e. The highest BCUT2D eigenvalue weighted by molar-refractivity contribution is 5.92. The standard InChI is InChI=1S/C15H29NO/c1-6-14(2,3)13(17)15(4,5)16-12-10-8-7-9-11-12/h12,16H,6-11H2,1-5H3. The predicted molar refractivity (Wildman–Crippen MR) is 73.2 cm³/mol. The molecule has 0 unspecified atom stereocenters. The number of Topliss-reactive ketones (excluding diaryl/α,β-unsaturated/α-hetero) is 1. The number of rotatable bonds is 5. The molecule has 0 aromatic rings. The number of hydrogen-bond donors (Lipinski definition) is 1. The van der Waals surface area contributed by atoms with Crippen molar-refractivity contribution in [2.75, 3.05) is 0 Å². The fraction of sp³-hybridized carbons (Fsp3) is 0.933. The van der Waals surface area contributed by atoms with Crippen molar-refractivity contribution < 1.29 is 4.79 Å². The van der Waals surface area contributed by atoms with Gasteiger partial charge in [-0.1, -0.05) is 40.0 Å². The highest BCUT2D eigenvalue weighted by Crippen LogP contribution is 2.29. The molecule has 1 saturated carbocycles. The number of carbonyl (C=O) groups is 1. The van der Waals surface area contributed by atoms with Crippen LogP contribution in [0.5, 0.6) is 0 Å². The van der Waals surface area contributed by atoms with Crippen LogP contribution < -0.4 is 5.32 Å². The van der Waals surface area contributed by atoms with Gasteiger partial charge in [-0.05, 0) is 33.1 Å². The summed E-state index contributed by atoms with van der Waals surface area (Å²) in [5.74, 6) is 0.345. The Labute approximate surface area is 107 Å². The zero-order valence-corrected chi connectivity index (χ0v) is 12.2. The number of nitrogens with one attached hydrogen (secondary N) is 1. The molecule has 1 aliphatic carbocycles. The summed E-state index contributed by atoms with van der Waals surface area (Å²) in [5.41, 5.74) is -0.604. The minimum Gasteiger partial charge on any atom is -0.303 e. The van der Waals surface area contributed by atoms with E-state index in [1.54, 1.807) is 0 Å². The van der Waals surface area contributed by atoms with Crippen LogP contribution in [-0.4, -0.2) is 17.4 Å². The SMILES string of the molecule is CCC(C)(C)C(=O)C(C)(C)NC1CCCCC1. The third kappa shape index (κ3) is 3.80. The second-order valence-corrected chi connectivity index (χ2v) is 6.67. The molecule has 1 N–H and O–H groups in total. The van der Waals surface area contributed by atoms with E-state index in [0.717, 1.165) is 6.42 Å². The van der Waals surface area contributed by atoms with Gasteiger partial charge >= 0.3 is 0 Å². The van der Waals surface area contributed by atoms with Crippen LogP contribution in [0.25, 0.3) is 0 Å². The van der Waals surface area contributed by atoms with Crippen LogP contribution in [0.2, 0.25) is 0 Å². The van der Waals surface area contributed by atoms with Gasteiger partial charge in [-0.3, -0.25) is 4.79 Å². The molecule has 0 amide bonds. The van der Waals surface area contributed by atoms with Crippen LogP contribution in [0.4, 0.5) is 0 Å². The van der Waals surface area contributed by atoms with E-state index < -0.39 is 0 Å². The van der Waals surface area contributed by atoms with Gasteiger partial charge in [-0.25, -0.2) is 0 Å². The van der Waals surface area contributed by atoms with Crippen LogP contribution in [0, 0.1) is 5.41 Å². The van der Waals surface area contributed by atoms with Crippen molar-refractivity contribution in [3.63, 3.8) is 0 Å². The quantitative estimate of drug-likeness (QED) is 0.792. The van der Waals surface area contributed by atoms with Gasteiger partial charge in [0.05, 0.1) is 5.54 Å². The summed E-state index contributed by atoms with van der Waals surface area (Å²) >= 11 is 0. The summed E-state index contributed by atoms with van der Waals surface area (Å²) < 4.78 is 0. The summed E-state index contributed by atoms with van der Waals surface area (Å²) in [7, 11) is 0. The van der Waals surface area contributed by atoms with Crippen LogP contribution in [-0.2, 0) is 4.79 Å². The van der Waals surface area contributed by atoms with Crippen molar-refractivity contribution in [3.8, 4) is 0 Å². The minimum atomic E-state index is -0.387. The molecule has 0 aliphatic heterocycles. The summed E-state index contributed by atoms with van der Waals surface area (Å²) in [4.78, 5) is 12.5. The first-order chi connectivity index (χ1) is 7.79. The molecule has 0 heterocycles. The van der Waals surface area contributed by atoms with Gasteiger partial charge in [0, 0.05) is 11.5 Å². The van der Waals surface area contributed by atoms with Gasteiger partial charge in [0.15, 0.2) is 5.78 Å². The molecule has 0 aromatic heterocycles. The molecule has 1 aliphatic rings. The lowest BCUT2D eigenvalue weighted by Gasteiger charge is -2.37. The maximum absolute atomic E-state index is 12.5. The lowest BCUT2D eigenvalue weighted by atomic mass is 9.76. The van der Waals surface area contributed by atoms with Crippen molar-refractivity contribution in [3.05, 3.63) is 0 Å². The fourth-order valence-electron chi connectivity index (χ4n) is 2.83. The van der Waals surface area contributed by atoms with E-state index in [2.05, 4.69) is 26.1 Å². The Balaban J connectivity index is 2.63. The normalized spacial score (nSPS) is 19.4. The number of carbonyl (C=O) groups excluding carboxylic acids is 1.